The molecule has 0 saturated carbocycles. The lowest BCUT2D eigenvalue weighted by Crippen LogP contribution is -2.11. The Labute approximate surface area is 108 Å². The SMILES string of the molecule is CCCc1nnc(NC(=O)c2cccc(F)c2)s1. The Hall–Kier alpha value is -1.82. The minimum atomic E-state index is -0.438. The van der Waals surface area contributed by atoms with E-state index in [4.69, 9.17) is 0 Å². The molecule has 0 radical (unpaired) electrons. The second-order valence-corrected chi connectivity index (χ2v) is 4.78. The van der Waals surface area contributed by atoms with Gasteiger partial charge in [0.25, 0.3) is 5.91 Å². The number of nitrogens with one attached hydrogen (secondary N) is 1. The van der Waals surface area contributed by atoms with E-state index in [1.807, 2.05) is 6.92 Å². The summed E-state index contributed by atoms with van der Waals surface area (Å²) in [4.78, 5) is 11.8. The molecule has 0 fully saturated rings. The topological polar surface area (TPSA) is 54.9 Å². The van der Waals surface area contributed by atoms with Crippen LogP contribution >= 0.6 is 11.3 Å². The van der Waals surface area contributed by atoms with Crippen LogP contribution in [0.2, 0.25) is 0 Å². The van der Waals surface area contributed by atoms with Crippen molar-refractivity contribution in [2.45, 2.75) is 19.8 Å². The van der Waals surface area contributed by atoms with Crippen LogP contribution in [0.25, 0.3) is 0 Å². The van der Waals surface area contributed by atoms with E-state index in [9.17, 15) is 9.18 Å². The molecule has 0 unspecified atom stereocenters. The van der Waals surface area contributed by atoms with Gasteiger partial charge in [-0.15, -0.1) is 10.2 Å². The molecule has 94 valence electrons. The molecule has 1 aromatic heterocycles. The maximum absolute atomic E-state index is 13.0. The summed E-state index contributed by atoms with van der Waals surface area (Å²) in [5.74, 6) is -0.819. The number of aromatic nitrogens is 2. The molecule has 2 rings (SSSR count). The lowest BCUT2D eigenvalue weighted by molar-refractivity contribution is 0.102. The first-order valence-electron chi connectivity index (χ1n) is 5.58. The average Bonchev–Trinajstić information content (AvgIpc) is 2.77. The quantitative estimate of drug-likeness (QED) is 0.924. The van der Waals surface area contributed by atoms with Crippen LogP contribution in [-0.4, -0.2) is 16.1 Å². The molecule has 1 N–H and O–H groups in total. The molecule has 0 aliphatic rings. The zero-order valence-corrected chi connectivity index (χ0v) is 10.6. The van der Waals surface area contributed by atoms with E-state index in [2.05, 4.69) is 15.5 Å². The Morgan fingerprint density at radius 3 is 3.00 bits per heavy atom. The highest BCUT2D eigenvalue weighted by Gasteiger charge is 2.10. The van der Waals surface area contributed by atoms with Gasteiger partial charge in [-0.05, 0) is 24.6 Å². The number of anilines is 1. The summed E-state index contributed by atoms with van der Waals surface area (Å²) in [6.45, 7) is 2.05. The third-order valence-electron chi connectivity index (χ3n) is 2.24. The van der Waals surface area contributed by atoms with Crippen molar-refractivity contribution < 1.29 is 9.18 Å². The number of hydrogen-bond acceptors (Lipinski definition) is 4. The molecule has 0 saturated heterocycles. The zero-order valence-electron chi connectivity index (χ0n) is 9.81. The van der Waals surface area contributed by atoms with Crippen LogP contribution in [0.15, 0.2) is 24.3 Å². The number of carbonyl (C=O) groups is 1. The number of rotatable bonds is 4. The van der Waals surface area contributed by atoms with Crippen molar-refractivity contribution in [2.24, 2.45) is 0 Å². The number of hydrogen-bond donors (Lipinski definition) is 1. The molecule has 0 spiro atoms. The fraction of sp³-hybridized carbons (Fsp3) is 0.250. The second-order valence-electron chi connectivity index (χ2n) is 3.72. The third kappa shape index (κ3) is 3.10. The molecule has 1 amide bonds. The third-order valence-corrected chi connectivity index (χ3v) is 3.14. The van der Waals surface area contributed by atoms with Crippen LogP contribution in [0.3, 0.4) is 0 Å². The van der Waals surface area contributed by atoms with E-state index in [1.54, 1.807) is 6.07 Å². The highest BCUT2D eigenvalue weighted by molar-refractivity contribution is 7.15. The van der Waals surface area contributed by atoms with Crippen molar-refractivity contribution in [3.8, 4) is 0 Å². The van der Waals surface area contributed by atoms with Crippen molar-refractivity contribution in [3.63, 3.8) is 0 Å². The van der Waals surface area contributed by atoms with Gasteiger partial charge in [-0.3, -0.25) is 10.1 Å². The van der Waals surface area contributed by atoms with E-state index in [0.717, 1.165) is 17.8 Å². The standard InChI is InChI=1S/C12H12FN3OS/c1-2-4-10-15-16-12(18-10)14-11(17)8-5-3-6-9(13)7-8/h3,5-7H,2,4H2,1H3,(H,14,16,17). The first-order valence-corrected chi connectivity index (χ1v) is 6.40. The van der Waals surface area contributed by atoms with E-state index in [0.29, 0.717) is 5.13 Å². The molecular weight excluding hydrogens is 253 g/mol. The van der Waals surface area contributed by atoms with Crippen molar-refractivity contribution in [1.29, 1.82) is 0 Å². The lowest BCUT2D eigenvalue weighted by atomic mass is 10.2. The number of nitrogens with zero attached hydrogens (tertiary/aromatic N) is 2. The Kier molecular flexibility index (Phi) is 3.99. The van der Waals surface area contributed by atoms with Crippen LogP contribution in [0.4, 0.5) is 9.52 Å². The molecule has 2 aromatic rings. The van der Waals surface area contributed by atoms with Crippen molar-refractivity contribution >= 4 is 22.4 Å². The second kappa shape index (κ2) is 5.68. The summed E-state index contributed by atoms with van der Waals surface area (Å²) in [5.41, 5.74) is 0.266. The van der Waals surface area contributed by atoms with Crippen LogP contribution in [-0.2, 0) is 6.42 Å². The molecule has 18 heavy (non-hydrogen) atoms. The monoisotopic (exact) mass is 265 g/mol. The Morgan fingerprint density at radius 1 is 1.44 bits per heavy atom. The predicted molar refractivity (Wildman–Crippen MR) is 68.3 cm³/mol. The van der Waals surface area contributed by atoms with Gasteiger partial charge < -0.3 is 0 Å². The summed E-state index contributed by atoms with van der Waals surface area (Å²) in [6.07, 6.45) is 1.82. The molecule has 1 aromatic carbocycles. The number of amides is 1. The Bertz CT molecular complexity index is 556. The smallest absolute Gasteiger partial charge is 0.257 e. The maximum atomic E-state index is 13.0. The van der Waals surface area contributed by atoms with Crippen LogP contribution in [0.1, 0.15) is 28.7 Å². The summed E-state index contributed by atoms with van der Waals surface area (Å²) in [7, 11) is 0. The molecule has 4 nitrogen and oxygen atoms in total. The molecule has 1 heterocycles. The highest BCUT2D eigenvalue weighted by Crippen LogP contribution is 2.17. The number of aryl methyl sites for hydroxylation is 1. The number of halogens is 1. The molecular formula is C12H12FN3OS. The Balaban J connectivity index is 2.06. The van der Waals surface area contributed by atoms with Gasteiger partial charge in [0.1, 0.15) is 10.8 Å². The van der Waals surface area contributed by atoms with Gasteiger partial charge in [0.15, 0.2) is 0 Å². The molecule has 0 aliphatic carbocycles. The predicted octanol–water partition coefficient (Wildman–Crippen LogP) is 2.88. The minimum absolute atomic E-state index is 0.266. The van der Waals surface area contributed by atoms with E-state index in [1.165, 1.54) is 29.5 Å². The lowest BCUT2D eigenvalue weighted by Gasteiger charge is -2.00. The fourth-order valence-corrected chi connectivity index (χ4v) is 2.25. The molecule has 0 atom stereocenters. The summed E-state index contributed by atoms with van der Waals surface area (Å²) >= 11 is 1.34. The van der Waals surface area contributed by atoms with Gasteiger partial charge in [-0.25, -0.2) is 4.39 Å². The summed E-state index contributed by atoms with van der Waals surface area (Å²) in [5, 5.41) is 11.7. The minimum Gasteiger partial charge on any atom is -0.296 e. The van der Waals surface area contributed by atoms with E-state index in [-0.39, 0.29) is 11.5 Å². The maximum Gasteiger partial charge on any atom is 0.257 e. The van der Waals surface area contributed by atoms with E-state index < -0.39 is 5.82 Å². The molecule has 0 aliphatic heterocycles. The number of carbonyl (C=O) groups excluding carboxylic acids is 1. The van der Waals surface area contributed by atoms with Crippen LogP contribution in [0, 0.1) is 5.82 Å². The van der Waals surface area contributed by atoms with Gasteiger partial charge in [0.2, 0.25) is 5.13 Å². The first-order chi connectivity index (χ1) is 8.69. The fourth-order valence-electron chi connectivity index (χ4n) is 1.42. The zero-order chi connectivity index (χ0) is 13.0. The van der Waals surface area contributed by atoms with Crippen LogP contribution < -0.4 is 5.32 Å². The van der Waals surface area contributed by atoms with Gasteiger partial charge in [0.05, 0.1) is 0 Å². The van der Waals surface area contributed by atoms with Gasteiger partial charge in [-0.2, -0.15) is 0 Å². The van der Waals surface area contributed by atoms with Crippen LogP contribution in [0.5, 0.6) is 0 Å². The Morgan fingerprint density at radius 2 is 2.28 bits per heavy atom. The molecule has 0 bridgehead atoms. The van der Waals surface area contributed by atoms with E-state index >= 15 is 0 Å². The largest absolute Gasteiger partial charge is 0.296 e. The normalized spacial score (nSPS) is 10.3. The number of benzene rings is 1. The van der Waals surface area contributed by atoms with Crippen molar-refractivity contribution in [2.75, 3.05) is 5.32 Å². The summed E-state index contributed by atoms with van der Waals surface area (Å²) < 4.78 is 13.0. The van der Waals surface area contributed by atoms with Gasteiger partial charge in [-0.1, -0.05) is 24.3 Å². The average molecular weight is 265 g/mol. The summed E-state index contributed by atoms with van der Waals surface area (Å²) in [6, 6.07) is 5.52. The van der Waals surface area contributed by atoms with Gasteiger partial charge >= 0.3 is 0 Å². The highest BCUT2D eigenvalue weighted by atomic mass is 32.1. The van der Waals surface area contributed by atoms with Crippen molar-refractivity contribution in [1.82, 2.24) is 10.2 Å². The van der Waals surface area contributed by atoms with Crippen molar-refractivity contribution in [3.05, 3.63) is 40.7 Å². The van der Waals surface area contributed by atoms with Gasteiger partial charge in [0, 0.05) is 12.0 Å². The molecule has 6 heteroatoms. The first kappa shape index (κ1) is 12.6.